The summed E-state index contributed by atoms with van der Waals surface area (Å²) in [6.07, 6.45) is 3.25. The van der Waals surface area contributed by atoms with Gasteiger partial charge in [-0.15, -0.1) is 0 Å². The van der Waals surface area contributed by atoms with Crippen molar-refractivity contribution in [2.45, 2.75) is 31.8 Å². The van der Waals surface area contributed by atoms with Crippen LogP contribution in [0, 0.1) is 6.92 Å². The first-order valence-electron chi connectivity index (χ1n) is 9.47. The molecular formula is C21H20N6O2. The average molecular weight is 388 g/mol. The molecule has 29 heavy (non-hydrogen) atoms. The lowest BCUT2D eigenvalue weighted by Gasteiger charge is -2.11. The fourth-order valence-electron chi connectivity index (χ4n) is 3.35. The Morgan fingerprint density at radius 1 is 1.28 bits per heavy atom. The van der Waals surface area contributed by atoms with E-state index in [9.17, 15) is 4.79 Å². The molecule has 4 aromatic rings. The van der Waals surface area contributed by atoms with Gasteiger partial charge in [0.1, 0.15) is 5.69 Å². The van der Waals surface area contributed by atoms with Gasteiger partial charge in [-0.05, 0) is 44.0 Å². The van der Waals surface area contributed by atoms with Gasteiger partial charge in [-0.1, -0.05) is 23.4 Å². The molecule has 8 nitrogen and oxygen atoms in total. The third-order valence-electron chi connectivity index (χ3n) is 5.20. The maximum atomic E-state index is 12.0. The summed E-state index contributed by atoms with van der Waals surface area (Å²) >= 11 is 0. The lowest BCUT2D eigenvalue weighted by molar-refractivity contribution is -0.123. The quantitative estimate of drug-likeness (QED) is 0.543. The van der Waals surface area contributed by atoms with Crippen molar-refractivity contribution in [1.29, 1.82) is 0 Å². The SMILES string of the molecule is Cc1noc(-c2cc3ccccc3n2-c2ccc(CNC(=O)C3(N)CC3)nc2)n1. The van der Waals surface area contributed by atoms with E-state index < -0.39 is 5.54 Å². The number of carbonyl (C=O) groups excluding carboxylic acids is 1. The summed E-state index contributed by atoms with van der Waals surface area (Å²) in [4.78, 5) is 20.9. The molecule has 146 valence electrons. The number of rotatable bonds is 5. The molecule has 0 radical (unpaired) electrons. The van der Waals surface area contributed by atoms with Crippen LogP contribution in [0.1, 0.15) is 24.4 Å². The van der Waals surface area contributed by atoms with Crippen molar-refractivity contribution in [3.8, 4) is 17.3 Å². The highest BCUT2D eigenvalue weighted by Gasteiger charge is 2.45. The lowest BCUT2D eigenvalue weighted by Crippen LogP contribution is -2.42. The standard InChI is InChI=1S/C21H20N6O2/c1-13-25-19(29-26-13)18-10-14-4-2-3-5-17(14)27(18)16-7-6-15(23-12-16)11-24-20(28)21(22)8-9-21/h2-7,10,12H,8-9,11,22H2,1H3,(H,24,28). The van der Waals surface area contributed by atoms with Crippen LogP contribution >= 0.6 is 0 Å². The van der Waals surface area contributed by atoms with Gasteiger partial charge in [0.2, 0.25) is 5.91 Å². The van der Waals surface area contributed by atoms with E-state index in [1.165, 1.54) is 0 Å². The Bertz CT molecular complexity index is 1200. The highest BCUT2D eigenvalue weighted by molar-refractivity contribution is 5.89. The Kier molecular flexibility index (Phi) is 3.95. The maximum Gasteiger partial charge on any atom is 0.274 e. The first kappa shape index (κ1) is 17.6. The van der Waals surface area contributed by atoms with Crippen LogP contribution in [0.3, 0.4) is 0 Å². The average Bonchev–Trinajstić information content (AvgIpc) is 3.17. The Labute approximate surface area is 166 Å². The maximum absolute atomic E-state index is 12.0. The van der Waals surface area contributed by atoms with Gasteiger partial charge >= 0.3 is 0 Å². The summed E-state index contributed by atoms with van der Waals surface area (Å²) in [5, 5.41) is 7.83. The number of amides is 1. The molecule has 0 spiro atoms. The highest BCUT2D eigenvalue weighted by Crippen LogP contribution is 2.32. The number of aromatic nitrogens is 4. The van der Waals surface area contributed by atoms with E-state index in [2.05, 4.69) is 20.4 Å². The summed E-state index contributed by atoms with van der Waals surface area (Å²) in [6, 6.07) is 13.9. The summed E-state index contributed by atoms with van der Waals surface area (Å²) in [6.45, 7) is 2.14. The highest BCUT2D eigenvalue weighted by atomic mass is 16.5. The number of nitrogens with zero attached hydrogens (tertiary/aromatic N) is 4. The topological polar surface area (TPSA) is 112 Å². The third kappa shape index (κ3) is 3.17. The van der Waals surface area contributed by atoms with Crippen LogP contribution in [0.5, 0.6) is 0 Å². The van der Waals surface area contributed by atoms with Gasteiger partial charge in [0.05, 0.1) is 35.2 Å². The number of nitrogens with one attached hydrogen (secondary N) is 1. The van der Waals surface area contributed by atoms with Crippen LogP contribution in [0.25, 0.3) is 28.2 Å². The molecule has 3 heterocycles. The van der Waals surface area contributed by atoms with E-state index in [1.54, 1.807) is 13.1 Å². The van der Waals surface area contributed by atoms with E-state index in [1.807, 2.05) is 47.0 Å². The van der Waals surface area contributed by atoms with Gasteiger partial charge < -0.3 is 20.1 Å². The molecule has 1 amide bonds. The molecule has 3 aromatic heterocycles. The molecule has 0 bridgehead atoms. The molecular weight excluding hydrogens is 368 g/mol. The van der Waals surface area contributed by atoms with E-state index in [0.717, 1.165) is 40.8 Å². The van der Waals surface area contributed by atoms with Gasteiger partial charge in [-0.2, -0.15) is 4.98 Å². The number of hydrogen-bond donors (Lipinski definition) is 2. The summed E-state index contributed by atoms with van der Waals surface area (Å²) in [5.41, 5.74) is 8.67. The first-order chi connectivity index (χ1) is 14.0. The van der Waals surface area contributed by atoms with E-state index >= 15 is 0 Å². The molecule has 5 rings (SSSR count). The van der Waals surface area contributed by atoms with Crippen molar-refractivity contribution < 1.29 is 9.32 Å². The summed E-state index contributed by atoms with van der Waals surface area (Å²) < 4.78 is 7.45. The molecule has 0 aliphatic heterocycles. The minimum Gasteiger partial charge on any atom is -0.349 e. The fraction of sp³-hybridized carbons (Fsp3) is 0.238. The monoisotopic (exact) mass is 388 g/mol. The van der Waals surface area contributed by atoms with Crippen molar-refractivity contribution >= 4 is 16.8 Å². The minimum absolute atomic E-state index is 0.117. The van der Waals surface area contributed by atoms with Crippen molar-refractivity contribution in [1.82, 2.24) is 25.0 Å². The normalized spacial score (nSPS) is 14.8. The van der Waals surface area contributed by atoms with Crippen molar-refractivity contribution in [3.63, 3.8) is 0 Å². The second-order valence-electron chi connectivity index (χ2n) is 7.42. The smallest absolute Gasteiger partial charge is 0.274 e. The predicted molar refractivity (Wildman–Crippen MR) is 107 cm³/mol. The Hall–Kier alpha value is -3.52. The van der Waals surface area contributed by atoms with Crippen molar-refractivity contribution in [2.75, 3.05) is 0 Å². The molecule has 0 saturated heterocycles. The van der Waals surface area contributed by atoms with Crippen LogP contribution in [0.4, 0.5) is 0 Å². The molecule has 1 aromatic carbocycles. The third-order valence-corrected chi connectivity index (χ3v) is 5.20. The predicted octanol–water partition coefficient (Wildman–Crippen LogP) is 2.49. The Morgan fingerprint density at radius 3 is 2.79 bits per heavy atom. The molecule has 1 fully saturated rings. The molecule has 1 aliphatic carbocycles. The number of nitrogens with two attached hydrogens (primary N) is 1. The minimum atomic E-state index is -0.679. The van der Waals surface area contributed by atoms with Crippen LogP contribution in [0.15, 0.2) is 53.2 Å². The van der Waals surface area contributed by atoms with Gasteiger partial charge in [-0.3, -0.25) is 9.78 Å². The van der Waals surface area contributed by atoms with E-state index in [4.69, 9.17) is 10.3 Å². The van der Waals surface area contributed by atoms with E-state index in [-0.39, 0.29) is 5.91 Å². The molecule has 1 saturated carbocycles. The zero-order chi connectivity index (χ0) is 20.0. The van der Waals surface area contributed by atoms with Crippen LogP contribution < -0.4 is 11.1 Å². The molecule has 3 N–H and O–H groups in total. The Balaban J connectivity index is 1.48. The van der Waals surface area contributed by atoms with Crippen LogP contribution in [-0.4, -0.2) is 31.1 Å². The molecule has 8 heteroatoms. The summed E-state index contributed by atoms with van der Waals surface area (Å²) in [5.74, 6) is 0.913. The Morgan fingerprint density at radius 2 is 2.10 bits per heavy atom. The second-order valence-corrected chi connectivity index (χ2v) is 7.42. The first-order valence-corrected chi connectivity index (χ1v) is 9.47. The largest absolute Gasteiger partial charge is 0.349 e. The number of pyridine rings is 1. The number of fused-ring (bicyclic) bond motifs is 1. The van der Waals surface area contributed by atoms with Gasteiger partial charge in [-0.25, -0.2) is 0 Å². The van der Waals surface area contributed by atoms with Gasteiger partial charge in [0.15, 0.2) is 5.82 Å². The van der Waals surface area contributed by atoms with Crippen LogP contribution in [-0.2, 0) is 11.3 Å². The van der Waals surface area contributed by atoms with Gasteiger partial charge in [0.25, 0.3) is 5.89 Å². The number of carbonyl (C=O) groups is 1. The second kappa shape index (κ2) is 6.52. The number of para-hydroxylation sites is 1. The fourth-order valence-corrected chi connectivity index (χ4v) is 3.35. The number of benzene rings is 1. The number of hydrogen-bond acceptors (Lipinski definition) is 6. The van der Waals surface area contributed by atoms with E-state index in [0.29, 0.717) is 18.3 Å². The molecule has 0 unspecified atom stereocenters. The van der Waals surface area contributed by atoms with Crippen molar-refractivity contribution in [3.05, 3.63) is 60.2 Å². The van der Waals surface area contributed by atoms with Gasteiger partial charge in [0, 0.05) is 5.39 Å². The van der Waals surface area contributed by atoms with Crippen molar-refractivity contribution in [2.24, 2.45) is 5.73 Å². The summed E-state index contributed by atoms with van der Waals surface area (Å²) in [7, 11) is 0. The molecule has 1 aliphatic rings. The zero-order valence-electron chi connectivity index (χ0n) is 15.9. The lowest BCUT2D eigenvalue weighted by atomic mass is 10.2. The number of aryl methyl sites for hydroxylation is 1. The zero-order valence-corrected chi connectivity index (χ0v) is 15.9. The van der Waals surface area contributed by atoms with Crippen LogP contribution in [0.2, 0.25) is 0 Å². The molecule has 0 atom stereocenters.